The van der Waals surface area contributed by atoms with Crippen LogP contribution in [-0.2, 0) is 6.54 Å². The Bertz CT molecular complexity index is 761. The third kappa shape index (κ3) is 1.90. The second kappa shape index (κ2) is 4.62. The highest BCUT2D eigenvalue weighted by atomic mass is 15.0. The van der Waals surface area contributed by atoms with Gasteiger partial charge < -0.3 is 4.57 Å². The van der Waals surface area contributed by atoms with Gasteiger partial charge in [-0.15, -0.1) is 0 Å². The molecule has 0 spiro atoms. The van der Waals surface area contributed by atoms with E-state index in [-0.39, 0.29) is 0 Å². The number of aryl methyl sites for hydroxylation is 1. The van der Waals surface area contributed by atoms with Gasteiger partial charge in [-0.1, -0.05) is 30.3 Å². The van der Waals surface area contributed by atoms with Gasteiger partial charge in [-0.05, 0) is 36.8 Å². The van der Waals surface area contributed by atoms with Crippen molar-refractivity contribution in [2.24, 2.45) is 0 Å². The summed E-state index contributed by atoms with van der Waals surface area (Å²) in [5.74, 6) is 0. The van der Waals surface area contributed by atoms with Crippen LogP contribution in [0.2, 0.25) is 0 Å². The lowest BCUT2D eigenvalue weighted by atomic mass is 10.1. The topological polar surface area (TPSA) is 28.7 Å². The van der Waals surface area contributed by atoms with E-state index in [1.54, 1.807) is 0 Å². The number of nitriles is 1. The number of hydrogen-bond donors (Lipinski definition) is 0. The summed E-state index contributed by atoms with van der Waals surface area (Å²) in [6, 6.07) is 20.6. The van der Waals surface area contributed by atoms with Gasteiger partial charge in [0.25, 0.3) is 0 Å². The first-order valence-electron chi connectivity index (χ1n) is 6.42. The molecule has 0 bridgehead atoms. The van der Waals surface area contributed by atoms with Gasteiger partial charge in [-0.3, -0.25) is 0 Å². The first kappa shape index (κ1) is 11.6. The Kier molecular flexibility index (Phi) is 2.81. The fraction of sp³-hybridized carbons (Fsp3) is 0.118. The summed E-state index contributed by atoms with van der Waals surface area (Å²) < 4.78 is 2.28. The third-order valence-electron chi connectivity index (χ3n) is 3.42. The van der Waals surface area contributed by atoms with Gasteiger partial charge in [-0.25, -0.2) is 0 Å². The molecular weight excluding hydrogens is 232 g/mol. The molecule has 0 atom stereocenters. The molecular formula is C17H14N2. The van der Waals surface area contributed by atoms with E-state index in [2.05, 4.69) is 35.8 Å². The van der Waals surface area contributed by atoms with Gasteiger partial charge in [0.15, 0.2) is 0 Å². The minimum Gasteiger partial charge on any atom is -0.341 e. The fourth-order valence-corrected chi connectivity index (χ4v) is 2.53. The molecule has 0 aliphatic heterocycles. The third-order valence-corrected chi connectivity index (χ3v) is 3.42. The average Bonchev–Trinajstić information content (AvgIpc) is 2.85. The first-order chi connectivity index (χ1) is 9.33. The zero-order valence-corrected chi connectivity index (χ0v) is 10.8. The minimum absolute atomic E-state index is 0.709. The predicted molar refractivity (Wildman–Crippen MR) is 77.8 cm³/mol. The average molecular weight is 246 g/mol. The van der Waals surface area contributed by atoms with Crippen LogP contribution in [0.15, 0.2) is 54.6 Å². The molecule has 0 saturated carbocycles. The Morgan fingerprint density at radius 3 is 2.53 bits per heavy atom. The normalized spacial score (nSPS) is 10.5. The van der Waals surface area contributed by atoms with E-state index in [0.717, 1.165) is 11.9 Å². The molecule has 0 fully saturated rings. The maximum absolute atomic E-state index is 8.99. The lowest BCUT2D eigenvalue weighted by Crippen LogP contribution is -1.96. The molecule has 2 aromatic carbocycles. The first-order valence-corrected chi connectivity index (χ1v) is 6.42. The zero-order chi connectivity index (χ0) is 13.2. The summed E-state index contributed by atoms with van der Waals surface area (Å²) in [5, 5.41) is 10.1. The van der Waals surface area contributed by atoms with Crippen LogP contribution in [0, 0.1) is 11.3 Å². The molecule has 0 saturated heterocycles. The summed E-state index contributed by atoms with van der Waals surface area (Å²) in [4.78, 5) is 0. The van der Waals surface area contributed by atoms with Crippen LogP contribution >= 0.6 is 0 Å². The van der Waals surface area contributed by atoms with Gasteiger partial charge in [0, 0.05) is 23.1 Å². The van der Waals surface area contributed by atoms with Crippen molar-refractivity contribution < 1.29 is 0 Å². The van der Waals surface area contributed by atoms with Crippen molar-refractivity contribution in [3.05, 3.63) is 60.2 Å². The maximum Gasteiger partial charge on any atom is 0.0991 e. The highest BCUT2D eigenvalue weighted by Crippen LogP contribution is 2.28. The van der Waals surface area contributed by atoms with Crippen molar-refractivity contribution in [3.63, 3.8) is 0 Å². The van der Waals surface area contributed by atoms with Crippen LogP contribution < -0.4 is 0 Å². The predicted octanol–water partition coefficient (Wildman–Crippen LogP) is 4.20. The second-order valence-corrected chi connectivity index (χ2v) is 4.53. The van der Waals surface area contributed by atoms with E-state index in [9.17, 15) is 0 Å². The molecule has 1 aromatic heterocycles. The summed E-state index contributed by atoms with van der Waals surface area (Å²) in [5.41, 5.74) is 4.30. The van der Waals surface area contributed by atoms with Crippen molar-refractivity contribution in [2.45, 2.75) is 13.5 Å². The Balaban J connectivity index is 2.28. The number of hydrogen-bond acceptors (Lipinski definition) is 1. The number of fused-ring (bicyclic) bond motifs is 1. The van der Waals surface area contributed by atoms with Crippen LogP contribution in [0.4, 0.5) is 0 Å². The molecule has 1 heterocycles. The lowest BCUT2D eigenvalue weighted by molar-refractivity contribution is 0.805. The smallest absolute Gasteiger partial charge is 0.0991 e. The van der Waals surface area contributed by atoms with E-state index < -0.39 is 0 Å². The van der Waals surface area contributed by atoms with Crippen molar-refractivity contribution in [3.8, 4) is 17.3 Å². The Morgan fingerprint density at radius 1 is 1.05 bits per heavy atom. The summed E-state index contributed by atoms with van der Waals surface area (Å²) in [7, 11) is 0. The largest absolute Gasteiger partial charge is 0.341 e. The highest BCUT2D eigenvalue weighted by Gasteiger charge is 2.09. The van der Waals surface area contributed by atoms with E-state index >= 15 is 0 Å². The summed E-state index contributed by atoms with van der Waals surface area (Å²) in [6.45, 7) is 3.06. The van der Waals surface area contributed by atoms with Gasteiger partial charge in [0.05, 0.1) is 11.6 Å². The molecule has 0 aliphatic carbocycles. The molecule has 0 aliphatic rings. The van der Waals surface area contributed by atoms with Crippen molar-refractivity contribution in [2.75, 3.05) is 0 Å². The number of nitrogens with zero attached hydrogens (tertiary/aromatic N) is 2. The molecule has 2 nitrogen and oxygen atoms in total. The SMILES string of the molecule is CCn1c(-c2ccccc2)cc2cc(C#N)ccc21. The molecule has 0 amide bonds. The van der Waals surface area contributed by atoms with E-state index in [4.69, 9.17) is 5.26 Å². The van der Waals surface area contributed by atoms with Crippen LogP contribution in [0.5, 0.6) is 0 Å². The van der Waals surface area contributed by atoms with Crippen molar-refractivity contribution in [1.29, 1.82) is 5.26 Å². The number of rotatable bonds is 2. The molecule has 2 heteroatoms. The molecule has 19 heavy (non-hydrogen) atoms. The lowest BCUT2D eigenvalue weighted by Gasteiger charge is -2.07. The second-order valence-electron chi connectivity index (χ2n) is 4.53. The molecule has 0 radical (unpaired) electrons. The highest BCUT2D eigenvalue weighted by molar-refractivity contribution is 5.88. The number of benzene rings is 2. The standard InChI is InChI=1S/C17H14N2/c1-2-19-16-9-8-13(12-18)10-15(16)11-17(19)14-6-4-3-5-7-14/h3-11H,2H2,1H3. The van der Waals surface area contributed by atoms with E-state index in [0.29, 0.717) is 5.56 Å². The molecule has 3 rings (SSSR count). The number of aromatic nitrogens is 1. The Labute approximate surface area is 112 Å². The Hall–Kier alpha value is -2.53. The molecule has 3 aromatic rings. The van der Waals surface area contributed by atoms with E-state index in [1.807, 2.05) is 36.4 Å². The molecule has 92 valence electrons. The molecule has 0 unspecified atom stereocenters. The van der Waals surface area contributed by atoms with Crippen LogP contribution in [0.25, 0.3) is 22.2 Å². The minimum atomic E-state index is 0.709. The van der Waals surface area contributed by atoms with Gasteiger partial charge >= 0.3 is 0 Å². The molecule has 0 N–H and O–H groups in total. The zero-order valence-electron chi connectivity index (χ0n) is 10.8. The van der Waals surface area contributed by atoms with Crippen LogP contribution in [0.1, 0.15) is 12.5 Å². The maximum atomic E-state index is 8.99. The quantitative estimate of drug-likeness (QED) is 0.666. The Morgan fingerprint density at radius 2 is 1.84 bits per heavy atom. The summed E-state index contributed by atoms with van der Waals surface area (Å²) >= 11 is 0. The van der Waals surface area contributed by atoms with Crippen molar-refractivity contribution in [1.82, 2.24) is 4.57 Å². The van der Waals surface area contributed by atoms with E-state index in [1.165, 1.54) is 16.8 Å². The van der Waals surface area contributed by atoms with Gasteiger partial charge in [0.1, 0.15) is 0 Å². The van der Waals surface area contributed by atoms with Crippen molar-refractivity contribution >= 4 is 10.9 Å². The monoisotopic (exact) mass is 246 g/mol. The van der Waals surface area contributed by atoms with Gasteiger partial charge in [-0.2, -0.15) is 5.26 Å². The fourth-order valence-electron chi connectivity index (χ4n) is 2.53. The van der Waals surface area contributed by atoms with Gasteiger partial charge in [0.2, 0.25) is 0 Å². The van der Waals surface area contributed by atoms with Crippen LogP contribution in [-0.4, -0.2) is 4.57 Å². The summed E-state index contributed by atoms with van der Waals surface area (Å²) in [6.07, 6.45) is 0. The van der Waals surface area contributed by atoms with Crippen LogP contribution in [0.3, 0.4) is 0 Å².